The molecule has 0 bridgehead atoms. The van der Waals surface area contributed by atoms with Gasteiger partial charge in [0.1, 0.15) is 15.9 Å². The van der Waals surface area contributed by atoms with Gasteiger partial charge in [-0.2, -0.15) is 0 Å². The zero-order chi connectivity index (χ0) is 16.4. The van der Waals surface area contributed by atoms with Gasteiger partial charge in [0.25, 0.3) is 0 Å². The molecule has 2 heterocycles. The summed E-state index contributed by atoms with van der Waals surface area (Å²) in [4.78, 5) is 21.4. The molecule has 1 aliphatic carbocycles. The van der Waals surface area contributed by atoms with E-state index in [-0.39, 0.29) is 5.91 Å². The van der Waals surface area contributed by atoms with Crippen LogP contribution < -0.4 is 5.32 Å². The van der Waals surface area contributed by atoms with E-state index in [1.807, 2.05) is 18.7 Å². The normalized spacial score (nSPS) is 24.0. The van der Waals surface area contributed by atoms with Gasteiger partial charge in [-0.1, -0.05) is 38.5 Å². The maximum atomic E-state index is 12.2. The molecule has 1 saturated carbocycles. The summed E-state index contributed by atoms with van der Waals surface area (Å²) >= 11 is 3.42. The first kappa shape index (κ1) is 17.1. The van der Waals surface area contributed by atoms with Crippen LogP contribution in [0.25, 0.3) is 0 Å². The Morgan fingerprint density at radius 2 is 2.09 bits per heavy atom. The highest BCUT2D eigenvalue weighted by Crippen LogP contribution is 2.48. The van der Waals surface area contributed by atoms with Crippen molar-refractivity contribution in [2.45, 2.75) is 80.1 Å². The fourth-order valence-electron chi connectivity index (χ4n) is 3.55. The Kier molecular flexibility index (Phi) is 5.52. The van der Waals surface area contributed by atoms with Crippen LogP contribution in [0.5, 0.6) is 0 Å². The third kappa shape index (κ3) is 3.85. The monoisotopic (exact) mass is 351 g/mol. The van der Waals surface area contributed by atoms with Crippen LogP contribution in [-0.2, 0) is 4.79 Å². The van der Waals surface area contributed by atoms with Crippen LogP contribution in [0, 0.1) is 6.92 Å². The van der Waals surface area contributed by atoms with Crippen LogP contribution in [0.4, 0.5) is 0 Å². The van der Waals surface area contributed by atoms with E-state index in [9.17, 15) is 4.79 Å². The molecule has 1 amide bonds. The van der Waals surface area contributed by atoms with Crippen molar-refractivity contribution in [3.63, 3.8) is 0 Å². The number of hydrogen-bond donors (Lipinski definition) is 1. The maximum Gasteiger partial charge on any atom is 0.230 e. The van der Waals surface area contributed by atoms with Crippen molar-refractivity contribution >= 4 is 29.4 Å². The van der Waals surface area contributed by atoms with Gasteiger partial charge in [0.15, 0.2) is 0 Å². The van der Waals surface area contributed by atoms with Crippen LogP contribution in [0.15, 0.2) is 10.1 Å². The minimum atomic E-state index is 0.138. The number of thioether (sulfide) groups is 2. The van der Waals surface area contributed by atoms with Gasteiger partial charge in [0, 0.05) is 22.8 Å². The van der Waals surface area contributed by atoms with Crippen molar-refractivity contribution in [2.75, 3.05) is 5.75 Å². The number of carbonyl (C=O) groups excluding carboxylic acids is 1. The third-order valence-corrected chi connectivity index (χ3v) is 6.95. The van der Waals surface area contributed by atoms with Crippen molar-refractivity contribution in [1.82, 2.24) is 15.3 Å². The zero-order valence-corrected chi connectivity index (χ0v) is 15.7. The molecule has 2 unspecified atom stereocenters. The van der Waals surface area contributed by atoms with Gasteiger partial charge in [-0.25, -0.2) is 9.97 Å². The van der Waals surface area contributed by atoms with E-state index in [0.717, 1.165) is 35.1 Å². The summed E-state index contributed by atoms with van der Waals surface area (Å²) in [5, 5.41) is 5.83. The summed E-state index contributed by atoms with van der Waals surface area (Å²) in [7, 11) is 0. The quantitative estimate of drug-likeness (QED) is 0.643. The summed E-state index contributed by atoms with van der Waals surface area (Å²) in [5.74, 6) is 1.89. The molecule has 2 atom stereocenters. The first-order valence-corrected chi connectivity index (χ1v) is 10.4. The number of rotatable bonds is 5. The molecule has 1 fully saturated rings. The smallest absolute Gasteiger partial charge is 0.230 e. The summed E-state index contributed by atoms with van der Waals surface area (Å²) < 4.78 is 0. The Balaban J connectivity index is 1.69. The number of fused-ring (bicyclic) bond motifs is 1. The second-order valence-electron chi connectivity index (χ2n) is 6.47. The molecule has 0 spiro atoms. The Hall–Kier alpha value is -0.750. The molecule has 0 saturated heterocycles. The second kappa shape index (κ2) is 7.43. The number of nitrogens with zero attached hydrogens (tertiary/aromatic N) is 2. The van der Waals surface area contributed by atoms with Crippen LogP contribution in [-0.4, -0.2) is 32.9 Å². The highest BCUT2D eigenvalue weighted by molar-refractivity contribution is 8.01. The zero-order valence-electron chi connectivity index (χ0n) is 14.1. The van der Waals surface area contributed by atoms with Crippen LogP contribution in [0.1, 0.15) is 63.3 Å². The summed E-state index contributed by atoms with van der Waals surface area (Å²) in [6, 6.07) is 0.389. The summed E-state index contributed by atoms with van der Waals surface area (Å²) in [5.41, 5.74) is 1.27. The summed E-state index contributed by atoms with van der Waals surface area (Å²) in [6.45, 7) is 6.42. The molecule has 6 heteroatoms. The Bertz CT molecular complexity index is 587. The van der Waals surface area contributed by atoms with Gasteiger partial charge in [0.2, 0.25) is 5.91 Å². The molecule has 0 radical (unpaired) electrons. The minimum absolute atomic E-state index is 0.138. The van der Waals surface area contributed by atoms with E-state index in [1.54, 1.807) is 11.8 Å². The van der Waals surface area contributed by atoms with Crippen molar-refractivity contribution in [3.8, 4) is 0 Å². The largest absolute Gasteiger partial charge is 0.353 e. The van der Waals surface area contributed by atoms with Gasteiger partial charge >= 0.3 is 0 Å². The number of carbonyl (C=O) groups is 1. The third-order valence-electron chi connectivity index (χ3n) is 4.72. The fraction of sp³-hybridized carbons (Fsp3) is 0.706. The Morgan fingerprint density at radius 3 is 2.78 bits per heavy atom. The minimum Gasteiger partial charge on any atom is -0.353 e. The van der Waals surface area contributed by atoms with E-state index >= 15 is 0 Å². The van der Waals surface area contributed by atoms with Gasteiger partial charge in [-0.05, 0) is 26.2 Å². The van der Waals surface area contributed by atoms with E-state index in [2.05, 4.69) is 29.1 Å². The molecular formula is C17H25N3OS2. The van der Waals surface area contributed by atoms with Crippen molar-refractivity contribution in [2.24, 2.45) is 0 Å². The lowest BCUT2D eigenvalue weighted by Crippen LogP contribution is -2.33. The molecule has 126 valence electrons. The molecule has 0 aromatic carbocycles. The number of hydrogen-bond acceptors (Lipinski definition) is 5. The average molecular weight is 352 g/mol. The molecule has 4 nitrogen and oxygen atoms in total. The molecule has 1 N–H and O–H groups in total. The van der Waals surface area contributed by atoms with Crippen molar-refractivity contribution < 1.29 is 4.79 Å². The topological polar surface area (TPSA) is 54.9 Å². The van der Waals surface area contributed by atoms with E-state index in [4.69, 9.17) is 0 Å². The van der Waals surface area contributed by atoms with Gasteiger partial charge in [-0.3, -0.25) is 4.79 Å². The van der Waals surface area contributed by atoms with E-state index in [1.165, 1.54) is 18.4 Å². The first-order valence-electron chi connectivity index (χ1n) is 8.55. The standard InChI is InChI=1S/C17H25N3OS2/c1-4-13-10(2)23-17-15(13)16(18-11(3)19-17)22-9-14(21)20-12-7-5-6-8-12/h10,12-13H,4-9H2,1-3H3,(H,20,21). The number of aromatic nitrogens is 2. The summed E-state index contributed by atoms with van der Waals surface area (Å²) in [6.07, 6.45) is 5.83. The van der Waals surface area contributed by atoms with E-state index in [0.29, 0.717) is 23.0 Å². The van der Waals surface area contributed by atoms with E-state index < -0.39 is 0 Å². The molecule has 1 aliphatic heterocycles. The van der Waals surface area contributed by atoms with Gasteiger partial charge in [0.05, 0.1) is 5.75 Å². The van der Waals surface area contributed by atoms with Crippen molar-refractivity contribution in [3.05, 3.63) is 11.4 Å². The Labute approximate surface area is 147 Å². The molecule has 1 aromatic rings. The molecule has 23 heavy (non-hydrogen) atoms. The van der Waals surface area contributed by atoms with Gasteiger partial charge in [-0.15, -0.1) is 11.8 Å². The average Bonchev–Trinajstić information content (AvgIpc) is 3.11. The van der Waals surface area contributed by atoms with Crippen LogP contribution in [0.2, 0.25) is 0 Å². The molecule has 1 aromatic heterocycles. The number of amides is 1. The highest BCUT2D eigenvalue weighted by Gasteiger charge is 2.33. The number of aryl methyl sites for hydroxylation is 1. The SMILES string of the molecule is CCC1c2c(SCC(=O)NC3CCCC3)nc(C)nc2SC1C. The fourth-order valence-corrected chi connectivity index (χ4v) is 5.97. The van der Waals surface area contributed by atoms with Gasteiger partial charge < -0.3 is 5.32 Å². The lowest BCUT2D eigenvalue weighted by molar-refractivity contribution is -0.119. The molecule has 2 aliphatic rings. The van der Waals surface area contributed by atoms with Crippen molar-refractivity contribution in [1.29, 1.82) is 0 Å². The lowest BCUT2D eigenvalue weighted by atomic mass is 9.96. The highest BCUT2D eigenvalue weighted by atomic mass is 32.2. The predicted octanol–water partition coefficient (Wildman–Crippen LogP) is 3.92. The lowest BCUT2D eigenvalue weighted by Gasteiger charge is -2.16. The first-order chi connectivity index (χ1) is 11.1. The molecule has 3 rings (SSSR count). The Morgan fingerprint density at radius 1 is 1.35 bits per heavy atom. The van der Waals surface area contributed by atoms with Crippen LogP contribution in [0.3, 0.4) is 0 Å². The maximum absolute atomic E-state index is 12.2. The van der Waals surface area contributed by atoms with Crippen LogP contribution >= 0.6 is 23.5 Å². The number of nitrogens with one attached hydrogen (secondary N) is 1. The predicted molar refractivity (Wildman–Crippen MR) is 96.2 cm³/mol. The second-order valence-corrected chi connectivity index (χ2v) is 8.80. The molecular weight excluding hydrogens is 326 g/mol.